The zero-order chi connectivity index (χ0) is 12.3. The van der Waals surface area contributed by atoms with Crippen LogP contribution in [0.4, 0.5) is 0 Å². The second-order valence-electron chi connectivity index (χ2n) is 3.78. The van der Waals surface area contributed by atoms with Crippen molar-refractivity contribution in [2.75, 3.05) is 0 Å². The van der Waals surface area contributed by atoms with Gasteiger partial charge in [-0.1, -0.05) is 30.3 Å². The van der Waals surface area contributed by atoms with Crippen molar-refractivity contribution in [2.24, 2.45) is 0 Å². The molecule has 0 aliphatic heterocycles. The van der Waals surface area contributed by atoms with Crippen molar-refractivity contribution < 1.29 is 15.0 Å². The summed E-state index contributed by atoms with van der Waals surface area (Å²) in [7, 11) is 0. The van der Waals surface area contributed by atoms with Crippen LogP contribution in [0.3, 0.4) is 0 Å². The van der Waals surface area contributed by atoms with E-state index in [1.54, 1.807) is 0 Å². The van der Waals surface area contributed by atoms with Gasteiger partial charge in [-0.25, -0.2) is 0 Å². The fourth-order valence-electron chi connectivity index (χ4n) is 1.74. The molecule has 0 aliphatic rings. The first-order valence-electron chi connectivity index (χ1n) is 5.25. The van der Waals surface area contributed by atoms with Gasteiger partial charge in [0.05, 0.1) is 0 Å². The number of phenols is 2. The predicted octanol–water partition coefficient (Wildman–Crippen LogP) is 2.50. The third-order valence-electron chi connectivity index (χ3n) is 2.65. The first-order chi connectivity index (χ1) is 8.22. The Hall–Kier alpha value is -2.29. The molecule has 0 saturated carbocycles. The topological polar surface area (TPSA) is 57.5 Å². The molecule has 0 fully saturated rings. The summed E-state index contributed by atoms with van der Waals surface area (Å²) in [6.45, 7) is 0. The first-order valence-corrected chi connectivity index (χ1v) is 5.25. The van der Waals surface area contributed by atoms with Gasteiger partial charge in [0.1, 0.15) is 6.29 Å². The molecule has 0 bridgehead atoms. The number of phenolic OH excluding ortho intramolecular Hbond substituents is 2. The Morgan fingerprint density at radius 3 is 2.35 bits per heavy atom. The van der Waals surface area contributed by atoms with Gasteiger partial charge in [-0.3, -0.25) is 4.79 Å². The molecular formula is C14H12O3. The number of aldehydes is 1. The van der Waals surface area contributed by atoms with E-state index in [0.29, 0.717) is 23.8 Å². The predicted molar refractivity (Wildman–Crippen MR) is 64.4 cm³/mol. The molecule has 2 N–H and O–H groups in total. The number of carbonyl (C=O) groups excluding carboxylic acids is 1. The van der Waals surface area contributed by atoms with E-state index >= 15 is 0 Å². The zero-order valence-corrected chi connectivity index (χ0v) is 9.13. The van der Waals surface area contributed by atoms with Crippen molar-refractivity contribution in [3.63, 3.8) is 0 Å². The summed E-state index contributed by atoms with van der Waals surface area (Å²) < 4.78 is 0. The van der Waals surface area contributed by atoms with Gasteiger partial charge in [-0.2, -0.15) is 0 Å². The molecule has 3 nitrogen and oxygen atoms in total. The minimum absolute atomic E-state index is 0.207. The molecule has 0 aromatic heterocycles. The van der Waals surface area contributed by atoms with E-state index in [-0.39, 0.29) is 11.5 Å². The second-order valence-corrected chi connectivity index (χ2v) is 3.78. The Labute approximate surface area is 99.0 Å². The number of benzene rings is 2. The molecule has 0 amide bonds. The number of hydrogen-bond acceptors (Lipinski definition) is 3. The van der Waals surface area contributed by atoms with Crippen LogP contribution in [-0.4, -0.2) is 16.5 Å². The lowest BCUT2D eigenvalue weighted by molar-refractivity contribution is 0.112. The Morgan fingerprint density at radius 1 is 1.00 bits per heavy atom. The quantitative estimate of drug-likeness (QED) is 0.626. The second kappa shape index (κ2) is 4.70. The van der Waals surface area contributed by atoms with Crippen molar-refractivity contribution in [1.29, 1.82) is 0 Å². The number of carbonyl (C=O) groups is 1. The Balaban J connectivity index is 2.44. The van der Waals surface area contributed by atoms with Crippen molar-refractivity contribution in [2.45, 2.75) is 6.42 Å². The summed E-state index contributed by atoms with van der Waals surface area (Å²) in [6.07, 6.45) is 1.09. The van der Waals surface area contributed by atoms with Gasteiger partial charge in [0.25, 0.3) is 0 Å². The minimum Gasteiger partial charge on any atom is -0.504 e. The standard InChI is InChI=1S/C14H12O3/c15-9-11-6-7-13(16)14(17)12(11)8-10-4-2-1-3-5-10/h1-7,9,16-17H,8H2. The van der Waals surface area contributed by atoms with Crippen LogP contribution < -0.4 is 0 Å². The molecule has 0 radical (unpaired) electrons. The highest BCUT2D eigenvalue weighted by Gasteiger charge is 2.12. The normalized spacial score (nSPS) is 10.1. The molecule has 0 spiro atoms. The number of rotatable bonds is 3. The van der Waals surface area contributed by atoms with Gasteiger partial charge in [-0.15, -0.1) is 0 Å². The van der Waals surface area contributed by atoms with Gasteiger partial charge in [0.15, 0.2) is 11.5 Å². The molecule has 2 aromatic carbocycles. The maximum atomic E-state index is 10.9. The smallest absolute Gasteiger partial charge is 0.161 e. The first kappa shape index (κ1) is 11.2. The van der Waals surface area contributed by atoms with Crippen LogP contribution >= 0.6 is 0 Å². The number of hydrogen-bond donors (Lipinski definition) is 2. The number of aromatic hydroxyl groups is 2. The lowest BCUT2D eigenvalue weighted by Gasteiger charge is -2.09. The van der Waals surface area contributed by atoms with E-state index in [1.807, 2.05) is 30.3 Å². The van der Waals surface area contributed by atoms with E-state index in [0.717, 1.165) is 5.56 Å². The largest absolute Gasteiger partial charge is 0.504 e. The molecule has 0 heterocycles. The SMILES string of the molecule is O=Cc1ccc(O)c(O)c1Cc1ccccc1. The van der Waals surface area contributed by atoms with Crippen LogP contribution in [0.15, 0.2) is 42.5 Å². The van der Waals surface area contributed by atoms with E-state index in [9.17, 15) is 15.0 Å². The third-order valence-corrected chi connectivity index (χ3v) is 2.65. The van der Waals surface area contributed by atoms with E-state index in [4.69, 9.17) is 0 Å². The van der Waals surface area contributed by atoms with E-state index < -0.39 is 0 Å². The Bertz CT molecular complexity index is 533. The van der Waals surface area contributed by atoms with Crippen LogP contribution in [0.1, 0.15) is 21.5 Å². The molecule has 0 aliphatic carbocycles. The van der Waals surface area contributed by atoms with Gasteiger partial charge < -0.3 is 10.2 Å². The van der Waals surface area contributed by atoms with Crippen LogP contribution in [0.2, 0.25) is 0 Å². The zero-order valence-electron chi connectivity index (χ0n) is 9.13. The van der Waals surface area contributed by atoms with Crippen molar-refractivity contribution in [1.82, 2.24) is 0 Å². The maximum absolute atomic E-state index is 10.9. The monoisotopic (exact) mass is 228 g/mol. The van der Waals surface area contributed by atoms with Crippen LogP contribution in [-0.2, 0) is 6.42 Å². The highest BCUT2D eigenvalue weighted by atomic mass is 16.3. The fraction of sp³-hybridized carbons (Fsp3) is 0.0714. The molecule has 2 rings (SSSR count). The van der Waals surface area contributed by atoms with Crippen molar-refractivity contribution >= 4 is 6.29 Å². The highest BCUT2D eigenvalue weighted by molar-refractivity contribution is 5.80. The summed E-state index contributed by atoms with van der Waals surface area (Å²) in [5, 5.41) is 19.2. The Kier molecular flexibility index (Phi) is 3.10. The van der Waals surface area contributed by atoms with Crippen LogP contribution in [0, 0.1) is 0 Å². The van der Waals surface area contributed by atoms with Gasteiger partial charge >= 0.3 is 0 Å². The fourth-order valence-corrected chi connectivity index (χ4v) is 1.74. The van der Waals surface area contributed by atoms with Crippen LogP contribution in [0.5, 0.6) is 11.5 Å². The lowest BCUT2D eigenvalue weighted by Crippen LogP contribution is -1.95. The maximum Gasteiger partial charge on any atom is 0.161 e. The van der Waals surface area contributed by atoms with Crippen LogP contribution in [0.25, 0.3) is 0 Å². The summed E-state index contributed by atoms with van der Waals surface area (Å²) >= 11 is 0. The van der Waals surface area contributed by atoms with E-state index in [2.05, 4.69) is 0 Å². The van der Waals surface area contributed by atoms with E-state index in [1.165, 1.54) is 12.1 Å². The highest BCUT2D eigenvalue weighted by Crippen LogP contribution is 2.32. The molecule has 0 atom stereocenters. The molecule has 0 unspecified atom stereocenters. The summed E-state index contributed by atoms with van der Waals surface area (Å²) in [6, 6.07) is 12.3. The van der Waals surface area contributed by atoms with Gasteiger partial charge in [0.2, 0.25) is 0 Å². The molecule has 86 valence electrons. The molecule has 17 heavy (non-hydrogen) atoms. The summed E-state index contributed by atoms with van der Waals surface area (Å²) in [5.41, 5.74) is 1.81. The van der Waals surface area contributed by atoms with Gasteiger partial charge in [-0.05, 0) is 17.7 Å². The summed E-state index contributed by atoms with van der Waals surface area (Å²) in [5.74, 6) is -0.431. The Morgan fingerprint density at radius 2 is 1.71 bits per heavy atom. The van der Waals surface area contributed by atoms with Crippen molar-refractivity contribution in [3.8, 4) is 11.5 Å². The molecular weight excluding hydrogens is 216 g/mol. The molecule has 2 aromatic rings. The average molecular weight is 228 g/mol. The van der Waals surface area contributed by atoms with Crippen molar-refractivity contribution in [3.05, 3.63) is 59.2 Å². The minimum atomic E-state index is -0.224. The lowest BCUT2D eigenvalue weighted by atomic mass is 9.99. The summed E-state index contributed by atoms with van der Waals surface area (Å²) in [4.78, 5) is 10.9. The van der Waals surface area contributed by atoms with Gasteiger partial charge in [0, 0.05) is 17.5 Å². The third kappa shape index (κ3) is 2.28. The molecule has 0 saturated heterocycles. The average Bonchev–Trinajstić information content (AvgIpc) is 2.37. The molecule has 3 heteroatoms.